The molecule has 0 spiro atoms. The number of hydrogen-bond acceptors (Lipinski definition) is 3. The SMILES string of the molecule is COc1c(F)c(F)cc([C@@H](N)CO)c1F. The van der Waals surface area contributed by atoms with Gasteiger partial charge in [-0.2, -0.15) is 4.39 Å². The first kappa shape index (κ1) is 11.8. The number of rotatable bonds is 3. The van der Waals surface area contributed by atoms with Gasteiger partial charge in [0.2, 0.25) is 5.82 Å². The molecule has 0 amide bonds. The Kier molecular flexibility index (Phi) is 3.54. The van der Waals surface area contributed by atoms with Crippen molar-refractivity contribution < 1.29 is 23.0 Å². The van der Waals surface area contributed by atoms with Gasteiger partial charge in [-0.15, -0.1) is 0 Å². The first-order valence-corrected chi connectivity index (χ1v) is 4.10. The summed E-state index contributed by atoms with van der Waals surface area (Å²) < 4.78 is 43.7. The molecule has 1 rings (SSSR count). The molecule has 0 radical (unpaired) electrons. The van der Waals surface area contributed by atoms with Gasteiger partial charge in [0.15, 0.2) is 17.4 Å². The highest BCUT2D eigenvalue weighted by Crippen LogP contribution is 2.29. The van der Waals surface area contributed by atoms with E-state index in [4.69, 9.17) is 10.8 Å². The minimum atomic E-state index is -1.41. The van der Waals surface area contributed by atoms with E-state index in [0.29, 0.717) is 6.07 Å². The van der Waals surface area contributed by atoms with Crippen molar-refractivity contribution in [3.63, 3.8) is 0 Å². The van der Waals surface area contributed by atoms with E-state index >= 15 is 0 Å². The van der Waals surface area contributed by atoms with Crippen molar-refractivity contribution in [1.29, 1.82) is 0 Å². The molecule has 0 aliphatic heterocycles. The molecule has 0 fully saturated rings. The van der Waals surface area contributed by atoms with Gasteiger partial charge in [-0.3, -0.25) is 0 Å². The first-order chi connectivity index (χ1) is 7.02. The van der Waals surface area contributed by atoms with E-state index in [0.717, 1.165) is 7.11 Å². The van der Waals surface area contributed by atoms with Crippen molar-refractivity contribution in [2.45, 2.75) is 6.04 Å². The summed E-state index contributed by atoms with van der Waals surface area (Å²) in [7, 11) is 1.01. The van der Waals surface area contributed by atoms with Gasteiger partial charge in [-0.05, 0) is 6.07 Å². The minimum Gasteiger partial charge on any atom is -0.491 e. The van der Waals surface area contributed by atoms with Crippen LogP contribution in [0.2, 0.25) is 0 Å². The van der Waals surface area contributed by atoms with Gasteiger partial charge in [0.05, 0.1) is 19.8 Å². The molecule has 0 heterocycles. The number of benzene rings is 1. The van der Waals surface area contributed by atoms with E-state index in [1.807, 2.05) is 0 Å². The fourth-order valence-electron chi connectivity index (χ4n) is 1.15. The Hall–Kier alpha value is -1.27. The average molecular weight is 221 g/mol. The molecule has 1 aromatic carbocycles. The van der Waals surface area contributed by atoms with Crippen molar-refractivity contribution in [1.82, 2.24) is 0 Å². The Morgan fingerprint density at radius 2 is 2.00 bits per heavy atom. The summed E-state index contributed by atoms with van der Waals surface area (Å²) in [6.45, 7) is -0.578. The van der Waals surface area contributed by atoms with Crippen LogP contribution in [0.25, 0.3) is 0 Å². The summed E-state index contributed by atoms with van der Waals surface area (Å²) >= 11 is 0. The lowest BCUT2D eigenvalue weighted by molar-refractivity contribution is 0.262. The zero-order valence-corrected chi connectivity index (χ0v) is 7.93. The molecule has 0 bridgehead atoms. The lowest BCUT2D eigenvalue weighted by atomic mass is 10.1. The van der Waals surface area contributed by atoms with Crippen LogP contribution in [0.3, 0.4) is 0 Å². The summed E-state index contributed by atoms with van der Waals surface area (Å²) in [5, 5.41) is 8.69. The van der Waals surface area contributed by atoms with Crippen LogP contribution in [0.1, 0.15) is 11.6 Å². The highest BCUT2D eigenvalue weighted by atomic mass is 19.2. The van der Waals surface area contributed by atoms with Crippen molar-refractivity contribution in [3.8, 4) is 5.75 Å². The number of aliphatic hydroxyl groups excluding tert-OH is 1. The van der Waals surface area contributed by atoms with Crippen LogP contribution in [-0.2, 0) is 0 Å². The van der Waals surface area contributed by atoms with Crippen LogP contribution in [-0.4, -0.2) is 18.8 Å². The van der Waals surface area contributed by atoms with Gasteiger partial charge in [0.25, 0.3) is 0 Å². The molecular weight excluding hydrogens is 211 g/mol. The van der Waals surface area contributed by atoms with E-state index in [-0.39, 0.29) is 5.56 Å². The van der Waals surface area contributed by atoms with E-state index < -0.39 is 35.8 Å². The Bertz CT molecular complexity index is 371. The van der Waals surface area contributed by atoms with Gasteiger partial charge >= 0.3 is 0 Å². The van der Waals surface area contributed by atoms with Gasteiger partial charge in [-0.25, -0.2) is 8.78 Å². The normalized spacial score (nSPS) is 12.7. The molecule has 0 unspecified atom stereocenters. The van der Waals surface area contributed by atoms with Crippen molar-refractivity contribution in [3.05, 3.63) is 29.1 Å². The second-order valence-corrected chi connectivity index (χ2v) is 2.90. The topological polar surface area (TPSA) is 55.5 Å². The molecule has 0 saturated heterocycles. The third-order valence-electron chi connectivity index (χ3n) is 1.94. The molecule has 0 aliphatic carbocycles. The van der Waals surface area contributed by atoms with E-state index in [1.54, 1.807) is 0 Å². The second-order valence-electron chi connectivity index (χ2n) is 2.90. The number of aliphatic hydroxyl groups is 1. The lowest BCUT2D eigenvalue weighted by Gasteiger charge is -2.13. The minimum absolute atomic E-state index is 0.326. The zero-order chi connectivity index (χ0) is 11.6. The van der Waals surface area contributed by atoms with Crippen LogP contribution < -0.4 is 10.5 Å². The summed E-state index contributed by atoms with van der Waals surface area (Å²) in [5.74, 6) is -4.62. The largest absolute Gasteiger partial charge is 0.491 e. The summed E-state index contributed by atoms with van der Waals surface area (Å²) in [4.78, 5) is 0. The molecular formula is C9H10F3NO2. The molecule has 15 heavy (non-hydrogen) atoms. The molecule has 0 aromatic heterocycles. The Labute approximate surface area is 84.3 Å². The number of halogens is 3. The zero-order valence-electron chi connectivity index (χ0n) is 7.93. The first-order valence-electron chi connectivity index (χ1n) is 4.10. The molecule has 1 atom stereocenters. The molecule has 3 nitrogen and oxygen atoms in total. The average Bonchev–Trinajstić information content (AvgIpc) is 2.23. The maximum absolute atomic E-state index is 13.4. The maximum atomic E-state index is 13.4. The van der Waals surface area contributed by atoms with E-state index in [9.17, 15) is 13.2 Å². The van der Waals surface area contributed by atoms with E-state index in [2.05, 4.69) is 4.74 Å². The fraction of sp³-hybridized carbons (Fsp3) is 0.333. The Morgan fingerprint density at radius 3 is 2.47 bits per heavy atom. The molecule has 6 heteroatoms. The quantitative estimate of drug-likeness (QED) is 0.751. The highest BCUT2D eigenvalue weighted by molar-refractivity contribution is 5.35. The second kappa shape index (κ2) is 4.50. The lowest BCUT2D eigenvalue weighted by Crippen LogP contribution is -2.17. The Balaban J connectivity index is 3.36. The predicted octanol–water partition coefficient (Wildman–Crippen LogP) is 1.10. The van der Waals surface area contributed by atoms with Crippen molar-refractivity contribution >= 4 is 0 Å². The van der Waals surface area contributed by atoms with Crippen molar-refractivity contribution in [2.24, 2.45) is 5.73 Å². The van der Waals surface area contributed by atoms with Crippen LogP contribution in [0.4, 0.5) is 13.2 Å². The molecule has 0 saturated carbocycles. The molecule has 1 aromatic rings. The molecule has 3 N–H and O–H groups in total. The summed E-state index contributed by atoms with van der Waals surface area (Å²) in [6, 6.07) is -0.511. The third-order valence-corrected chi connectivity index (χ3v) is 1.94. The standard InChI is InChI=1S/C9H10F3NO2/c1-15-9-7(11)4(6(13)3-14)2-5(10)8(9)12/h2,6,14H,3,13H2,1H3/t6-/m0/s1. The van der Waals surface area contributed by atoms with Gasteiger partial charge in [0, 0.05) is 5.56 Å². The highest BCUT2D eigenvalue weighted by Gasteiger charge is 2.22. The van der Waals surface area contributed by atoms with Gasteiger partial charge in [-0.1, -0.05) is 0 Å². The molecule has 0 aliphatic rings. The fourth-order valence-corrected chi connectivity index (χ4v) is 1.15. The third kappa shape index (κ3) is 2.05. The van der Waals surface area contributed by atoms with Crippen LogP contribution in [0.5, 0.6) is 5.75 Å². The van der Waals surface area contributed by atoms with Crippen molar-refractivity contribution in [2.75, 3.05) is 13.7 Å². The summed E-state index contributed by atoms with van der Waals surface area (Å²) in [5.41, 5.74) is 4.98. The Morgan fingerprint density at radius 1 is 1.40 bits per heavy atom. The van der Waals surface area contributed by atoms with Crippen LogP contribution in [0.15, 0.2) is 6.07 Å². The van der Waals surface area contributed by atoms with Crippen LogP contribution in [0, 0.1) is 17.5 Å². The number of ether oxygens (including phenoxy) is 1. The van der Waals surface area contributed by atoms with Gasteiger partial charge in [0.1, 0.15) is 0 Å². The maximum Gasteiger partial charge on any atom is 0.203 e. The van der Waals surface area contributed by atoms with Crippen LogP contribution >= 0.6 is 0 Å². The smallest absolute Gasteiger partial charge is 0.203 e. The summed E-state index contributed by atoms with van der Waals surface area (Å²) in [6.07, 6.45) is 0. The van der Waals surface area contributed by atoms with E-state index in [1.165, 1.54) is 0 Å². The number of methoxy groups -OCH3 is 1. The molecule has 84 valence electrons. The monoisotopic (exact) mass is 221 g/mol. The number of nitrogens with two attached hydrogens (primary N) is 1. The van der Waals surface area contributed by atoms with Gasteiger partial charge < -0.3 is 15.6 Å². The predicted molar refractivity (Wildman–Crippen MR) is 46.9 cm³/mol. The number of hydrogen-bond donors (Lipinski definition) is 2.